The summed E-state index contributed by atoms with van der Waals surface area (Å²) in [4.78, 5) is 4.38. The van der Waals surface area contributed by atoms with Crippen molar-refractivity contribution in [2.45, 2.75) is 31.9 Å². The first-order chi connectivity index (χ1) is 9.55. The minimum atomic E-state index is -0.584. The maximum absolute atomic E-state index is 10.3. The van der Waals surface area contributed by atoms with Crippen molar-refractivity contribution in [3.8, 4) is 0 Å². The van der Waals surface area contributed by atoms with Crippen molar-refractivity contribution in [2.75, 3.05) is 6.54 Å². The molecule has 0 aliphatic carbocycles. The second-order valence-corrected chi connectivity index (χ2v) is 6.31. The van der Waals surface area contributed by atoms with E-state index in [2.05, 4.69) is 24.1 Å². The molecule has 0 radical (unpaired) electrons. The van der Waals surface area contributed by atoms with Crippen LogP contribution in [0.1, 0.15) is 36.9 Å². The number of rotatable bonds is 6. The second-order valence-electron chi connectivity index (χ2n) is 4.97. The van der Waals surface area contributed by atoms with E-state index in [0.717, 1.165) is 17.0 Å². The topological polar surface area (TPSA) is 45.1 Å². The van der Waals surface area contributed by atoms with Gasteiger partial charge >= 0.3 is 0 Å². The number of halogens is 1. The number of benzene rings is 1. The molecule has 5 heteroatoms. The maximum atomic E-state index is 10.3. The van der Waals surface area contributed by atoms with Crippen LogP contribution in [0.25, 0.3) is 0 Å². The molecular weight excluding hydrogens is 292 g/mol. The SMILES string of the molecule is CCC(C)(NCC(O)c1cccc(Cl)c1)c1nccs1. The number of aliphatic hydroxyl groups is 1. The number of thiazole rings is 1. The van der Waals surface area contributed by atoms with Crippen LogP contribution in [0.5, 0.6) is 0 Å². The van der Waals surface area contributed by atoms with Gasteiger partial charge in [-0.3, -0.25) is 0 Å². The summed E-state index contributed by atoms with van der Waals surface area (Å²) in [6.07, 6.45) is 2.13. The van der Waals surface area contributed by atoms with Gasteiger partial charge in [-0.15, -0.1) is 11.3 Å². The van der Waals surface area contributed by atoms with E-state index in [1.165, 1.54) is 0 Å². The first-order valence-corrected chi connectivity index (χ1v) is 7.89. The lowest BCUT2D eigenvalue weighted by atomic mass is 9.99. The van der Waals surface area contributed by atoms with Gasteiger partial charge in [0, 0.05) is 23.1 Å². The molecule has 0 aliphatic rings. The van der Waals surface area contributed by atoms with E-state index in [4.69, 9.17) is 11.6 Å². The average Bonchev–Trinajstić information content (AvgIpc) is 2.99. The molecular formula is C15H19ClN2OS. The maximum Gasteiger partial charge on any atom is 0.112 e. The van der Waals surface area contributed by atoms with Crippen LogP contribution in [0, 0.1) is 0 Å². The monoisotopic (exact) mass is 310 g/mol. The van der Waals surface area contributed by atoms with Crippen LogP contribution < -0.4 is 5.32 Å². The van der Waals surface area contributed by atoms with Crippen LogP contribution in [-0.2, 0) is 5.54 Å². The highest BCUT2D eigenvalue weighted by atomic mass is 35.5. The van der Waals surface area contributed by atoms with Crippen molar-refractivity contribution in [3.05, 3.63) is 51.4 Å². The molecule has 2 N–H and O–H groups in total. The summed E-state index contributed by atoms with van der Waals surface area (Å²) in [7, 11) is 0. The van der Waals surface area contributed by atoms with Crippen LogP contribution in [0.3, 0.4) is 0 Å². The zero-order valence-electron chi connectivity index (χ0n) is 11.6. The Labute approximate surface area is 128 Å². The molecule has 108 valence electrons. The summed E-state index contributed by atoms with van der Waals surface area (Å²) in [6, 6.07) is 7.32. The van der Waals surface area contributed by atoms with Crippen LogP contribution in [0.2, 0.25) is 5.02 Å². The number of nitrogens with one attached hydrogen (secondary N) is 1. The number of aliphatic hydroxyl groups excluding tert-OH is 1. The summed E-state index contributed by atoms with van der Waals surface area (Å²) in [5.41, 5.74) is 0.607. The lowest BCUT2D eigenvalue weighted by molar-refractivity contribution is 0.157. The van der Waals surface area contributed by atoms with Crippen LogP contribution in [-0.4, -0.2) is 16.6 Å². The fourth-order valence-corrected chi connectivity index (χ4v) is 3.05. The van der Waals surface area contributed by atoms with Crippen molar-refractivity contribution in [1.29, 1.82) is 0 Å². The van der Waals surface area contributed by atoms with E-state index >= 15 is 0 Å². The fourth-order valence-electron chi connectivity index (χ4n) is 2.00. The molecule has 0 saturated carbocycles. The Kier molecular flexibility index (Phi) is 5.16. The Bertz CT molecular complexity index is 547. The Hall–Kier alpha value is -0.940. The van der Waals surface area contributed by atoms with Gasteiger partial charge in [-0.05, 0) is 31.0 Å². The highest BCUT2D eigenvalue weighted by molar-refractivity contribution is 7.09. The predicted molar refractivity (Wildman–Crippen MR) is 84.2 cm³/mol. The number of nitrogens with zero attached hydrogens (tertiary/aromatic N) is 1. The lowest BCUT2D eigenvalue weighted by Gasteiger charge is -2.29. The number of hydrogen-bond donors (Lipinski definition) is 2. The molecule has 1 aromatic carbocycles. The Morgan fingerprint density at radius 2 is 2.30 bits per heavy atom. The largest absolute Gasteiger partial charge is 0.387 e. The van der Waals surface area contributed by atoms with E-state index in [1.807, 2.05) is 23.7 Å². The first-order valence-electron chi connectivity index (χ1n) is 6.63. The predicted octanol–water partition coefficient (Wildman–Crippen LogP) is 3.74. The molecule has 1 heterocycles. The number of hydrogen-bond acceptors (Lipinski definition) is 4. The molecule has 2 rings (SSSR count). The third kappa shape index (κ3) is 3.58. The van der Waals surface area contributed by atoms with Crippen molar-refractivity contribution < 1.29 is 5.11 Å². The summed E-state index contributed by atoms with van der Waals surface area (Å²) in [6.45, 7) is 4.68. The van der Waals surface area contributed by atoms with E-state index < -0.39 is 6.10 Å². The van der Waals surface area contributed by atoms with Gasteiger partial charge in [0.1, 0.15) is 5.01 Å². The minimum Gasteiger partial charge on any atom is -0.387 e. The molecule has 1 aromatic heterocycles. The van der Waals surface area contributed by atoms with Gasteiger partial charge in [0.2, 0.25) is 0 Å². The average molecular weight is 311 g/mol. The third-order valence-corrected chi connectivity index (χ3v) is 4.80. The van der Waals surface area contributed by atoms with Crippen LogP contribution in [0.4, 0.5) is 0 Å². The number of aromatic nitrogens is 1. The molecule has 3 nitrogen and oxygen atoms in total. The summed E-state index contributed by atoms with van der Waals surface area (Å²) in [5, 5.41) is 17.3. The molecule has 2 aromatic rings. The molecule has 0 bridgehead atoms. The molecule has 0 saturated heterocycles. The molecule has 0 aliphatic heterocycles. The van der Waals surface area contributed by atoms with Gasteiger partial charge < -0.3 is 10.4 Å². The molecule has 0 fully saturated rings. The molecule has 2 atom stereocenters. The molecule has 0 spiro atoms. The Balaban J connectivity index is 2.03. The smallest absolute Gasteiger partial charge is 0.112 e. The quantitative estimate of drug-likeness (QED) is 0.854. The zero-order chi connectivity index (χ0) is 14.6. The Morgan fingerprint density at radius 3 is 2.90 bits per heavy atom. The molecule has 20 heavy (non-hydrogen) atoms. The van der Waals surface area contributed by atoms with E-state index in [1.54, 1.807) is 23.5 Å². The van der Waals surface area contributed by atoms with E-state index in [0.29, 0.717) is 11.6 Å². The summed E-state index contributed by atoms with van der Waals surface area (Å²) in [5.74, 6) is 0. The summed E-state index contributed by atoms with van der Waals surface area (Å²) < 4.78 is 0. The standard InChI is InChI=1S/C15H19ClN2OS/c1-3-15(2,14-17-7-8-20-14)18-10-13(19)11-5-4-6-12(16)9-11/h4-9,13,18-19H,3,10H2,1-2H3. The first kappa shape index (κ1) is 15.4. The lowest BCUT2D eigenvalue weighted by Crippen LogP contribution is -2.41. The second kappa shape index (κ2) is 6.68. The third-order valence-electron chi connectivity index (χ3n) is 3.53. The normalized spacial score (nSPS) is 15.8. The van der Waals surface area contributed by atoms with Crippen LogP contribution in [0.15, 0.2) is 35.8 Å². The van der Waals surface area contributed by atoms with Crippen LogP contribution >= 0.6 is 22.9 Å². The van der Waals surface area contributed by atoms with Gasteiger partial charge in [0.25, 0.3) is 0 Å². The fraction of sp³-hybridized carbons (Fsp3) is 0.400. The van der Waals surface area contributed by atoms with Crippen molar-refractivity contribution in [2.24, 2.45) is 0 Å². The molecule has 0 amide bonds. The van der Waals surface area contributed by atoms with Gasteiger partial charge in [-0.1, -0.05) is 30.7 Å². The van der Waals surface area contributed by atoms with E-state index in [9.17, 15) is 5.11 Å². The van der Waals surface area contributed by atoms with Gasteiger partial charge in [0.05, 0.1) is 11.6 Å². The zero-order valence-corrected chi connectivity index (χ0v) is 13.2. The van der Waals surface area contributed by atoms with Crippen molar-refractivity contribution >= 4 is 22.9 Å². The van der Waals surface area contributed by atoms with Crippen molar-refractivity contribution in [1.82, 2.24) is 10.3 Å². The van der Waals surface area contributed by atoms with Crippen molar-refractivity contribution in [3.63, 3.8) is 0 Å². The van der Waals surface area contributed by atoms with Gasteiger partial charge in [-0.25, -0.2) is 4.98 Å². The molecule has 2 unspecified atom stereocenters. The Morgan fingerprint density at radius 1 is 1.50 bits per heavy atom. The highest BCUT2D eigenvalue weighted by Crippen LogP contribution is 2.27. The van der Waals surface area contributed by atoms with Gasteiger partial charge in [0.15, 0.2) is 0 Å². The van der Waals surface area contributed by atoms with Gasteiger partial charge in [-0.2, -0.15) is 0 Å². The highest BCUT2D eigenvalue weighted by Gasteiger charge is 2.27. The van der Waals surface area contributed by atoms with E-state index in [-0.39, 0.29) is 5.54 Å². The summed E-state index contributed by atoms with van der Waals surface area (Å²) >= 11 is 7.58. The minimum absolute atomic E-state index is 0.215.